The zero-order valence-electron chi connectivity index (χ0n) is 6.90. The molecule has 11 heavy (non-hydrogen) atoms. The van der Waals surface area contributed by atoms with Crippen molar-refractivity contribution in [2.24, 2.45) is 0 Å². The molecule has 0 saturated heterocycles. The normalized spacial score (nSPS) is 11.2. The molecule has 0 aromatic carbocycles. The SMILES string of the molecule is CC(C)(C)Oc1ncncn1. The fraction of sp³-hybridized carbons (Fsp3) is 0.571. The van der Waals surface area contributed by atoms with Gasteiger partial charge in [0.2, 0.25) is 0 Å². The van der Waals surface area contributed by atoms with E-state index < -0.39 is 0 Å². The van der Waals surface area contributed by atoms with E-state index in [2.05, 4.69) is 15.0 Å². The standard InChI is InChI=1S/C7H11N3O/c1-7(2,3)11-6-9-4-8-5-10-6/h4-5H,1-3H3. The van der Waals surface area contributed by atoms with Crippen molar-refractivity contribution < 1.29 is 4.74 Å². The maximum atomic E-state index is 5.34. The van der Waals surface area contributed by atoms with Gasteiger partial charge >= 0.3 is 6.01 Å². The lowest BCUT2D eigenvalue weighted by atomic mass is 10.2. The van der Waals surface area contributed by atoms with E-state index in [-0.39, 0.29) is 5.60 Å². The fourth-order valence-electron chi connectivity index (χ4n) is 0.555. The molecule has 0 atom stereocenters. The summed E-state index contributed by atoms with van der Waals surface area (Å²) in [7, 11) is 0. The molecule has 0 N–H and O–H groups in total. The lowest BCUT2D eigenvalue weighted by molar-refractivity contribution is 0.116. The van der Waals surface area contributed by atoms with Gasteiger partial charge in [-0.25, -0.2) is 4.98 Å². The smallest absolute Gasteiger partial charge is 0.319 e. The van der Waals surface area contributed by atoms with E-state index in [0.717, 1.165) is 0 Å². The molecule has 1 aromatic rings. The highest BCUT2D eigenvalue weighted by Crippen LogP contribution is 2.09. The quantitative estimate of drug-likeness (QED) is 0.605. The van der Waals surface area contributed by atoms with E-state index in [0.29, 0.717) is 6.01 Å². The maximum Gasteiger partial charge on any atom is 0.319 e. The topological polar surface area (TPSA) is 47.9 Å². The van der Waals surface area contributed by atoms with Gasteiger partial charge in [-0.15, -0.1) is 0 Å². The van der Waals surface area contributed by atoms with Gasteiger partial charge in [-0.3, -0.25) is 0 Å². The molecule has 1 heterocycles. The van der Waals surface area contributed by atoms with Crippen LogP contribution in [0.2, 0.25) is 0 Å². The van der Waals surface area contributed by atoms with Crippen LogP contribution in [0.25, 0.3) is 0 Å². The summed E-state index contributed by atoms with van der Waals surface area (Å²) < 4.78 is 5.34. The molecule has 0 fully saturated rings. The summed E-state index contributed by atoms with van der Waals surface area (Å²) in [5.74, 6) is 0. The van der Waals surface area contributed by atoms with Crippen LogP contribution in [-0.2, 0) is 0 Å². The molecule has 0 aliphatic carbocycles. The molecule has 0 radical (unpaired) electrons. The van der Waals surface area contributed by atoms with E-state index in [1.165, 1.54) is 12.7 Å². The maximum absolute atomic E-state index is 5.34. The van der Waals surface area contributed by atoms with E-state index in [9.17, 15) is 0 Å². The molecule has 0 bridgehead atoms. The summed E-state index contributed by atoms with van der Waals surface area (Å²) in [5.41, 5.74) is -0.249. The highest BCUT2D eigenvalue weighted by Gasteiger charge is 2.12. The van der Waals surface area contributed by atoms with Gasteiger partial charge in [0.25, 0.3) is 0 Å². The molecule has 0 aliphatic rings. The Labute approximate surface area is 65.7 Å². The largest absolute Gasteiger partial charge is 0.458 e. The Morgan fingerprint density at radius 2 is 1.73 bits per heavy atom. The third-order valence-electron chi connectivity index (χ3n) is 0.867. The highest BCUT2D eigenvalue weighted by molar-refractivity contribution is 4.89. The van der Waals surface area contributed by atoms with Crippen LogP contribution in [0.4, 0.5) is 0 Å². The number of aromatic nitrogens is 3. The van der Waals surface area contributed by atoms with Crippen molar-refractivity contribution in [3.8, 4) is 6.01 Å². The second-order valence-electron chi connectivity index (χ2n) is 3.14. The molecule has 4 heteroatoms. The van der Waals surface area contributed by atoms with Crippen molar-refractivity contribution in [2.75, 3.05) is 0 Å². The zero-order chi connectivity index (χ0) is 8.32. The van der Waals surface area contributed by atoms with Gasteiger partial charge in [-0.1, -0.05) is 0 Å². The lowest BCUT2D eigenvalue weighted by Crippen LogP contribution is -2.24. The lowest BCUT2D eigenvalue weighted by Gasteiger charge is -2.18. The summed E-state index contributed by atoms with van der Waals surface area (Å²) in [6.07, 6.45) is 2.82. The van der Waals surface area contributed by atoms with Gasteiger partial charge in [-0.05, 0) is 20.8 Å². The third kappa shape index (κ3) is 2.93. The molecule has 60 valence electrons. The molecule has 0 aliphatic heterocycles. The molecular formula is C7H11N3O. The van der Waals surface area contributed by atoms with Gasteiger partial charge in [0.05, 0.1) is 0 Å². The van der Waals surface area contributed by atoms with Crippen LogP contribution in [0.5, 0.6) is 6.01 Å². The number of ether oxygens (including phenoxy) is 1. The highest BCUT2D eigenvalue weighted by atomic mass is 16.5. The van der Waals surface area contributed by atoms with Crippen LogP contribution >= 0.6 is 0 Å². The van der Waals surface area contributed by atoms with Crippen LogP contribution in [0.1, 0.15) is 20.8 Å². The summed E-state index contributed by atoms with van der Waals surface area (Å²) in [6.45, 7) is 5.82. The van der Waals surface area contributed by atoms with E-state index in [1.54, 1.807) is 0 Å². The number of hydrogen-bond acceptors (Lipinski definition) is 4. The van der Waals surface area contributed by atoms with Crippen LogP contribution < -0.4 is 4.74 Å². The van der Waals surface area contributed by atoms with Crippen LogP contribution in [0.3, 0.4) is 0 Å². The Morgan fingerprint density at radius 1 is 1.18 bits per heavy atom. The van der Waals surface area contributed by atoms with Crippen LogP contribution in [0.15, 0.2) is 12.7 Å². The molecule has 0 amide bonds. The molecule has 4 nitrogen and oxygen atoms in total. The Kier molecular flexibility index (Phi) is 2.03. The van der Waals surface area contributed by atoms with Crippen molar-refractivity contribution in [3.63, 3.8) is 0 Å². The molecule has 0 saturated carbocycles. The summed E-state index contributed by atoms with van der Waals surface area (Å²) >= 11 is 0. The van der Waals surface area contributed by atoms with Crippen molar-refractivity contribution in [1.29, 1.82) is 0 Å². The minimum absolute atomic E-state index is 0.249. The van der Waals surface area contributed by atoms with E-state index >= 15 is 0 Å². The molecule has 1 rings (SSSR count). The predicted octanol–water partition coefficient (Wildman–Crippen LogP) is 1.05. The van der Waals surface area contributed by atoms with Gasteiger partial charge < -0.3 is 4.74 Å². The summed E-state index contributed by atoms with van der Waals surface area (Å²) in [6, 6.07) is 0.368. The van der Waals surface area contributed by atoms with Gasteiger partial charge in [0, 0.05) is 0 Å². The fourth-order valence-corrected chi connectivity index (χ4v) is 0.555. The first kappa shape index (κ1) is 7.91. The van der Waals surface area contributed by atoms with Crippen LogP contribution in [-0.4, -0.2) is 20.6 Å². The third-order valence-corrected chi connectivity index (χ3v) is 0.867. The first-order valence-corrected chi connectivity index (χ1v) is 3.39. The first-order valence-electron chi connectivity index (χ1n) is 3.39. The number of hydrogen-bond donors (Lipinski definition) is 0. The number of nitrogens with zero attached hydrogens (tertiary/aromatic N) is 3. The van der Waals surface area contributed by atoms with Gasteiger partial charge in [0.15, 0.2) is 0 Å². The minimum atomic E-state index is -0.249. The minimum Gasteiger partial charge on any atom is -0.458 e. The Morgan fingerprint density at radius 3 is 2.18 bits per heavy atom. The zero-order valence-corrected chi connectivity index (χ0v) is 6.90. The Balaban J connectivity index is 2.66. The summed E-state index contributed by atoms with van der Waals surface area (Å²) in [4.78, 5) is 11.3. The van der Waals surface area contributed by atoms with Crippen LogP contribution in [0, 0.1) is 0 Å². The van der Waals surface area contributed by atoms with Crippen molar-refractivity contribution in [3.05, 3.63) is 12.7 Å². The predicted molar refractivity (Wildman–Crippen MR) is 40.2 cm³/mol. The molecule has 0 spiro atoms. The van der Waals surface area contributed by atoms with Gasteiger partial charge in [-0.2, -0.15) is 9.97 Å². The Hall–Kier alpha value is -1.19. The van der Waals surface area contributed by atoms with E-state index in [4.69, 9.17) is 4.74 Å². The summed E-state index contributed by atoms with van der Waals surface area (Å²) in [5, 5.41) is 0. The molecular weight excluding hydrogens is 142 g/mol. The average Bonchev–Trinajstić information content (AvgIpc) is 1.85. The first-order chi connectivity index (χ1) is 5.08. The van der Waals surface area contributed by atoms with E-state index in [1.807, 2.05) is 20.8 Å². The van der Waals surface area contributed by atoms with Gasteiger partial charge in [0.1, 0.15) is 18.3 Å². The second-order valence-corrected chi connectivity index (χ2v) is 3.14. The van der Waals surface area contributed by atoms with Crippen molar-refractivity contribution >= 4 is 0 Å². The molecule has 1 aromatic heterocycles. The second kappa shape index (κ2) is 2.82. The number of rotatable bonds is 1. The van der Waals surface area contributed by atoms with Crippen molar-refractivity contribution in [2.45, 2.75) is 26.4 Å². The average molecular weight is 153 g/mol. The Bertz CT molecular complexity index is 217. The van der Waals surface area contributed by atoms with Crippen molar-refractivity contribution in [1.82, 2.24) is 15.0 Å². The molecule has 0 unspecified atom stereocenters. The monoisotopic (exact) mass is 153 g/mol.